The van der Waals surface area contributed by atoms with Crippen LogP contribution in [0.4, 0.5) is 0 Å². The number of ketones is 1. The van der Waals surface area contributed by atoms with Gasteiger partial charge in [-0.3, -0.25) is 9.59 Å². The Labute approximate surface area is 205 Å². The van der Waals surface area contributed by atoms with Gasteiger partial charge in [0.05, 0.1) is 12.0 Å². The number of rotatable bonds is 10. The summed E-state index contributed by atoms with van der Waals surface area (Å²) in [5.41, 5.74) is 0.788. The van der Waals surface area contributed by atoms with Crippen LogP contribution < -0.4 is 0 Å². The Balaban J connectivity index is 0.957. The number of hydrogen-bond donors (Lipinski definition) is 0. The lowest BCUT2D eigenvalue weighted by atomic mass is 9.17. The molecule has 0 heterocycles. The van der Waals surface area contributed by atoms with Gasteiger partial charge in [0, 0.05) is 11.8 Å². The fraction of sp³-hybridized carbons (Fsp3) is 0.931. The second kappa shape index (κ2) is 8.03. The van der Waals surface area contributed by atoms with Gasteiger partial charge in [-0.2, -0.15) is 0 Å². The third-order valence-electron chi connectivity index (χ3n) is 11.1. The molecule has 2 bridgehead atoms. The smallest absolute Gasteiger partial charge is 0.309 e. The third-order valence-corrected chi connectivity index (χ3v) is 11.1. The van der Waals surface area contributed by atoms with Crippen molar-refractivity contribution in [2.24, 2.45) is 64.1 Å². The highest BCUT2D eigenvalue weighted by Crippen LogP contribution is 2.87. The maximum atomic E-state index is 13.1. The molecule has 0 aliphatic heterocycles. The monoisotopic (exact) mass is 472 g/mol. The normalized spacial score (nSPS) is 45.9. The summed E-state index contributed by atoms with van der Waals surface area (Å²) in [5, 5.41) is 0. The van der Waals surface area contributed by atoms with Crippen molar-refractivity contribution < 1.29 is 23.8 Å². The van der Waals surface area contributed by atoms with E-state index in [0.717, 1.165) is 49.4 Å². The van der Waals surface area contributed by atoms with Crippen LogP contribution >= 0.6 is 0 Å². The predicted octanol–water partition coefficient (Wildman–Crippen LogP) is 5.26. The first-order valence-electron chi connectivity index (χ1n) is 14.0. The van der Waals surface area contributed by atoms with Gasteiger partial charge in [0.2, 0.25) is 0 Å². The Morgan fingerprint density at radius 3 is 2.26 bits per heavy atom. The summed E-state index contributed by atoms with van der Waals surface area (Å²) in [7, 11) is 0. The number of carbonyl (C=O) groups excluding carboxylic acids is 2. The zero-order valence-electron chi connectivity index (χ0n) is 21.8. The molecule has 1 spiro atoms. The van der Waals surface area contributed by atoms with Crippen LogP contribution in [0.2, 0.25) is 0 Å². The molecule has 0 aromatic heterocycles. The van der Waals surface area contributed by atoms with Gasteiger partial charge in [-0.1, -0.05) is 34.6 Å². The standard InChI is InChI=1S/C29H44O5/c1-15(2)21(12-28(3,4)5)27(31)34-25-8-16-6-19(20(25)7-16)24(30)13-32-14-33-26-22-10-17-9-18-11-23(26)29(17,18)22/h15-23,25-26H,6-14H2,1-5H3. The Hall–Kier alpha value is -0.940. The summed E-state index contributed by atoms with van der Waals surface area (Å²) in [5.74, 6) is 4.48. The second-order valence-electron chi connectivity index (χ2n) is 14.3. The van der Waals surface area contributed by atoms with Crippen molar-refractivity contribution >= 4 is 11.8 Å². The lowest BCUT2D eigenvalue weighted by Crippen LogP contribution is -2.85. The first-order chi connectivity index (χ1) is 16.1. The van der Waals surface area contributed by atoms with Gasteiger partial charge in [-0.05, 0) is 91.3 Å². The predicted molar refractivity (Wildman–Crippen MR) is 128 cm³/mol. The average molecular weight is 473 g/mol. The molecule has 5 heteroatoms. The molecule has 6 rings (SSSR count). The van der Waals surface area contributed by atoms with E-state index in [1.165, 1.54) is 19.3 Å². The second-order valence-corrected chi connectivity index (χ2v) is 14.3. The lowest BCUT2D eigenvalue weighted by molar-refractivity contribution is -0.432. The number of esters is 1. The number of fused-ring (bicyclic) bond motifs is 2. The van der Waals surface area contributed by atoms with E-state index < -0.39 is 0 Å². The number of hydrogen-bond acceptors (Lipinski definition) is 5. The Morgan fingerprint density at radius 1 is 0.971 bits per heavy atom. The lowest BCUT2D eigenvalue weighted by Gasteiger charge is -2.88. The van der Waals surface area contributed by atoms with Crippen molar-refractivity contribution in [3.63, 3.8) is 0 Å². The van der Waals surface area contributed by atoms with E-state index in [9.17, 15) is 9.59 Å². The Morgan fingerprint density at radius 2 is 1.68 bits per heavy atom. The minimum absolute atomic E-state index is 0.0293. The first kappa shape index (κ1) is 23.5. The molecule has 9 unspecified atom stereocenters. The van der Waals surface area contributed by atoms with E-state index >= 15 is 0 Å². The van der Waals surface area contributed by atoms with Crippen LogP contribution in [0.5, 0.6) is 0 Å². The summed E-state index contributed by atoms with van der Waals surface area (Å²) in [6.45, 7) is 11.1. The first-order valence-corrected chi connectivity index (χ1v) is 14.0. The van der Waals surface area contributed by atoms with Gasteiger partial charge in [-0.25, -0.2) is 0 Å². The summed E-state index contributed by atoms with van der Waals surface area (Å²) in [6.07, 6.45) is 8.14. The van der Waals surface area contributed by atoms with Crippen molar-refractivity contribution in [1.82, 2.24) is 0 Å². The van der Waals surface area contributed by atoms with Crippen LogP contribution in [0.15, 0.2) is 0 Å². The average Bonchev–Trinajstić information content (AvgIpc) is 3.28. The van der Waals surface area contributed by atoms with Gasteiger partial charge in [0.25, 0.3) is 0 Å². The van der Waals surface area contributed by atoms with E-state index in [4.69, 9.17) is 14.2 Å². The number of ether oxygens (including phenoxy) is 3. The van der Waals surface area contributed by atoms with Gasteiger partial charge in [0.1, 0.15) is 19.5 Å². The highest BCUT2D eigenvalue weighted by molar-refractivity contribution is 5.83. The number of Topliss-reactive ketones (excluding diaryl/α,β-unsaturated/α-hetero) is 1. The zero-order chi connectivity index (χ0) is 24.0. The molecule has 0 aromatic rings. The molecule has 0 amide bonds. The highest BCUT2D eigenvalue weighted by atomic mass is 16.7. The maximum absolute atomic E-state index is 13.1. The van der Waals surface area contributed by atoms with Crippen molar-refractivity contribution in [3.05, 3.63) is 0 Å². The van der Waals surface area contributed by atoms with Crippen molar-refractivity contribution in [1.29, 1.82) is 0 Å². The quantitative estimate of drug-likeness (QED) is 0.247. The van der Waals surface area contributed by atoms with Crippen LogP contribution in [0.1, 0.15) is 79.6 Å². The molecule has 34 heavy (non-hydrogen) atoms. The fourth-order valence-electron chi connectivity index (χ4n) is 9.60. The molecule has 190 valence electrons. The molecule has 0 aromatic carbocycles. The van der Waals surface area contributed by atoms with Gasteiger partial charge in [-0.15, -0.1) is 0 Å². The van der Waals surface area contributed by atoms with Crippen LogP contribution in [-0.2, 0) is 23.8 Å². The molecule has 9 atom stereocenters. The molecule has 5 nitrogen and oxygen atoms in total. The van der Waals surface area contributed by atoms with Crippen molar-refractivity contribution in [2.75, 3.05) is 13.4 Å². The summed E-state index contributed by atoms with van der Waals surface area (Å²) < 4.78 is 17.9. The molecule has 0 saturated heterocycles. The minimum atomic E-state index is -0.107. The van der Waals surface area contributed by atoms with E-state index in [-0.39, 0.29) is 60.3 Å². The van der Waals surface area contributed by atoms with Crippen LogP contribution in [0.25, 0.3) is 0 Å². The highest BCUT2D eigenvalue weighted by Gasteiger charge is 2.85. The molecule has 6 fully saturated rings. The fourth-order valence-corrected chi connectivity index (χ4v) is 9.60. The molecule has 6 saturated carbocycles. The minimum Gasteiger partial charge on any atom is -0.462 e. The SMILES string of the molecule is CC(C)C(CC(C)(C)C)C(=O)OC1CC2CC(C(=O)COCOC3C4CC5CC6CC3C564)C1C2. The summed E-state index contributed by atoms with van der Waals surface area (Å²) in [4.78, 5) is 26.1. The van der Waals surface area contributed by atoms with Crippen molar-refractivity contribution in [2.45, 2.75) is 91.8 Å². The van der Waals surface area contributed by atoms with E-state index in [1.807, 2.05) is 0 Å². The van der Waals surface area contributed by atoms with E-state index in [1.54, 1.807) is 0 Å². The maximum Gasteiger partial charge on any atom is 0.309 e. The van der Waals surface area contributed by atoms with Gasteiger partial charge in [0.15, 0.2) is 5.78 Å². The number of carbonyl (C=O) groups is 2. The molecule has 0 N–H and O–H groups in total. The topological polar surface area (TPSA) is 61.8 Å². The van der Waals surface area contributed by atoms with E-state index in [0.29, 0.717) is 17.4 Å². The molecular formula is C29H44O5. The zero-order valence-corrected chi connectivity index (χ0v) is 21.8. The van der Waals surface area contributed by atoms with Gasteiger partial charge < -0.3 is 14.2 Å². The molecule has 6 aliphatic rings. The third kappa shape index (κ3) is 3.38. The van der Waals surface area contributed by atoms with Crippen LogP contribution in [0.3, 0.4) is 0 Å². The van der Waals surface area contributed by atoms with Gasteiger partial charge >= 0.3 is 5.97 Å². The molecule has 6 aliphatic carbocycles. The molecular weight excluding hydrogens is 428 g/mol. The summed E-state index contributed by atoms with van der Waals surface area (Å²) in [6, 6.07) is 0. The van der Waals surface area contributed by atoms with Crippen LogP contribution in [-0.4, -0.2) is 37.4 Å². The van der Waals surface area contributed by atoms with Crippen LogP contribution in [0, 0.1) is 64.1 Å². The van der Waals surface area contributed by atoms with Crippen molar-refractivity contribution in [3.8, 4) is 0 Å². The summed E-state index contributed by atoms with van der Waals surface area (Å²) >= 11 is 0. The Bertz CT molecular complexity index is 820. The molecule has 0 radical (unpaired) electrons. The largest absolute Gasteiger partial charge is 0.462 e. The van der Waals surface area contributed by atoms with E-state index in [2.05, 4.69) is 34.6 Å². The Kier molecular flexibility index (Phi) is 5.54.